The standard InChI is InChI=1S/C29H37FN6O4.C27H33FN6O4.Na.H2O/c1-5-39-27(37)23-18-31-36-16-13-25(32-26(23)36)34-14-6-7-24(34)22-17-20(30)9-8-19(22)12-15-35(21-10-11-21)33-28(38)40-29(2,3)4;1-27(2,3)38-26(37)31-33(19-8-9-19)13-10-17-6-7-18(28)15-20(17)22-5-4-12-32(22)23-11-14-34-24(30-23)21(16-29-34)25(35)36;;/h8-9,13,16-18,21,24H,5-7,10-12,14-15H2,1-4H3,(H,33,38);6-7,11,14-16,19,22H,4-5,8-10,12-13H2,1-3H3,(H,31,37)(H,35,36);;1H2/q;;+1;/p-1/t24-;22-;;/m11../s1. The SMILES string of the molecule is CC(C)(C)OC(=O)NN(CCc1ccc(F)cc1[C@H]1CCCN1c1ccn2ncc(C(=O)O)c2n1)C1CC1.CCOC(=O)c1cnn2ccc(N3CCC[C@@H]3c3cc(F)ccc3CCN(NC(=O)OC(C)(C)C)C3CC3)nc12.[Na+].[OH-]. The van der Waals surface area contributed by atoms with E-state index in [9.17, 15) is 33.1 Å². The van der Waals surface area contributed by atoms with Gasteiger partial charge < -0.3 is 34.6 Å². The number of esters is 1. The monoisotopic (exact) mass is 1120 g/mol. The molecule has 4 fully saturated rings. The van der Waals surface area contributed by atoms with E-state index in [0.717, 1.165) is 80.2 Å². The number of aromatic nitrogens is 6. The van der Waals surface area contributed by atoms with Crippen LogP contribution >= 0.6 is 0 Å². The Morgan fingerprint density at radius 1 is 0.662 bits per heavy atom. The molecule has 21 nitrogen and oxygen atoms in total. The first-order valence-corrected chi connectivity index (χ1v) is 26.9. The summed E-state index contributed by atoms with van der Waals surface area (Å²) >= 11 is 0. The van der Waals surface area contributed by atoms with Gasteiger partial charge in [0.25, 0.3) is 0 Å². The Kier molecular flexibility index (Phi) is 19.8. The van der Waals surface area contributed by atoms with Gasteiger partial charge in [0, 0.05) is 50.7 Å². The van der Waals surface area contributed by atoms with Gasteiger partial charge in [0.05, 0.1) is 31.1 Å². The quantitative estimate of drug-likeness (QED) is 0.0409. The average Bonchev–Trinajstić information content (AvgIpc) is 4.20. The molecular weight excluding hydrogens is 1050 g/mol. The molecule has 2 atom stereocenters. The second-order valence-corrected chi connectivity index (χ2v) is 22.2. The summed E-state index contributed by atoms with van der Waals surface area (Å²) in [4.78, 5) is 62.5. The molecule has 2 aromatic carbocycles. The maximum absolute atomic E-state index is 14.6. The van der Waals surface area contributed by atoms with Crippen molar-refractivity contribution in [2.75, 3.05) is 42.6 Å². The van der Waals surface area contributed by atoms with Crippen LogP contribution in [-0.2, 0) is 27.1 Å². The minimum Gasteiger partial charge on any atom is -0.870 e. The van der Waals surface area contributed by atoms with Gasteiger partial charge in [-0.1, -0.05) is 12.1 Å². The molecule has 2 aliphatic carbocycles. The molecule has 0 unspecified atom stereocenters. The minimum atomic E-state index is -1.09. The van der Waals surface area contributed by atoms with Crippen LogP contribution in [0.15, 0.2) is 73.3 Å². The second-order valence-electron chi connectivity index (χ2n) is 22.2. The zero-order chi connectivity index (χ0) is 55.5. The molecule has 6 aromatic rings. The summed E-state index contributed by atoms with van der Waals surface area (Å²) in [5.74, 6) is -0.830. The van der Waals surface area contributed by atoms with Gasteiger partial charge in [0.2, 0.25) is 0 Å². The van der Waals surface area contributed by atoms with Crippen LogP contribution in [-0.4, -0.2) is 130 Å². The van der Waals surface area contributed by atoms with Crippen LogP contribution in [0, 0.1) is 11.6 Å². The fraction of sp³-hybridized carbons (Fsp3) is 0.500. The number of ether oxygens (including phenoxy) is 3. The molecule has 80 heavy (non-hydrogen) atoms. The number of carboxylic acids is 1. The van der Waals surface area contributed by atoms with Crippen LogP contribution in [0.1, 0.15) is 155 Å². The van der Waals surface area contributed by atoms with Crippen molar-refractivity contribution in [1.29, 1.82) is 0 Å². The third-order valence-electron chi connectivity index (χ3n) is 13.9. The number of hydrazine groups is 2. The molecule has 2 aliphatic heterocycles. The number of carbonyl (C=O) groups excluding carboxylic acids is 3. The smallest absolute Gasteiger partial charge is 0.870 e. The van der Waals surface area contributed by atoms with Crippen molar-refractivity contribution in [3.8, 4) is 0 Å². The number of hydrogen-bond donors (Lipinski definition) is 3. The number of aromatic carboxylic acids is 1. The summed E-state index contributed by atoms with van der Waals surface area (Å²) in [7, 11) is 0. The zero-order valence-electron chi connectivity index (χ0n) is 46.8. The van der Waals surface area contributed by atoms with Crippen molar-refractivity contribution in [1.82, 2.24) is 50.1 Å². The Morgan fingerprint density at radius 2 is 1.09 bits per heavy atom. The predicted octanol–water partition coefficient (Wildman–Crippen LogP) is 6.02. The van der Waals surface area contributed by atoms with Crippen molar-refractivity contribution in [2.24, 2.45) is 0 Å². The van der Waals surface area contributed by atoms with Crippen molar-refractivity contribution >= 4 is 47.1 Å². The Bertz CT molecular complexity index is 3160. The van der Waals surface area contributed by atoms with Gasteiger partial charge in [0.1, 0.15) is 45.6 Å². The van der Waals surface area contributed by atoms with E-state index in [2.05, 4.69) is 35.8 Å². The van der Waals surface area contributed by atoms with Gasteiger partial charge >= 0.3 is 53.7 Å². The van der Waals surface area contributed by atoms with Crippen molar-refractivity contribution in [3.05, 3.63) is 118 Å². The van der Waals surface area contributed by atoms with Crippen LogP contribution in [0.25, 0.3) is 11.3 Å². The molecule has 0 spiro atoms. The third kappa shape index (κ3) is 15.3. The van der Waals surface area contributed by atoms with Crippen molar-refractivity contribution in [3.63, 3.8) is 0 Å². The largest absolute Gasteiger partial charge is 1.00 e. The predicted molar refractivity (Wildman–Crippen MR) is 288 cm³/mol. The number of amides is 2. The Labute approximate surface area is 485 Å². The zero-order valence-corrected chi connectivity index (χ0v) is 48.8. The summed E-state index contributed by atoms with van der Waals surface area (Å²) in [5.41, 5.74) is 9.47. The first kappa shape index (κ1) is 61.1. The van der Waals surface area contributed by atoms with Crippen LogP contribution in [0.2, 0.25) is 0 Å². The number of carbonyl (C=O) groups is 4. The first-order chi connectivity index (χ1) is 37.2. The summed E-state index contributed by atoms with van der Waals surface area (Å²) in [6.07, 6.45) is 14.0. The number of hydrogen-bond acceptors (Lipinski definition) is 16. The fourth-order valence-corrected chi connectivity index (χ4v) is 10.2. The molecule has 4 aromatic heterocycles. The van der Waals surface area contributed by atoms with E-state index in [0.29, 0.717) is 55.3 Å². The third-order valence-corrected chi connectivity index (χ3v) is 13.9. The maximum Gasteiger partial charge on any atom is 1.00 e. The summed E-state index contributed by atoms with van der Waals surface area (Å²) in [5, 5.41) is 21.7. The molecular formula is C56H71F2N12NaO9. The van der Waals surface area contributed by atoms with Crippen molar-refractivity contribution < 1.29 is 82.3 Å². The normalized spacial score (nSPS) is 17.2. The number of nitrogens with zero attached hydrogens (tertiary/aromatic N) is 10. The molecule has 4 N–H and O–H groups in total. The van der Waals surface area contributed by atoms with E-state index < -0.39 is 35.3 Å². The molecule has 424 valence electrons. The summed E-state index contributed by atoms with van der Waals surface area (Å²) < 4.78 is 48.2. The number of rotatable bonds is 17. The van der Waals surface area contributed by atoms with Crippen LogP contribution < -0.4 is 50.2 Å². The molecule has 2 saturated heterocycles. The molecule has 4 aliphatic rings. The van der Waals surface area contributed by atoms with Gasteiger partial charge in [0.15, 0.2) is 11.3 Å². The first-order valence-electron chi connectivity index (χ1n) is 26.9. The van der Waals surface area contributed by atoms with Gasteiger partial charge in [-0.25, -0.2) is 57.0 Å². The van der Waals surface area contributed by atoms with E-state index in [1.54, 1.807) is 36.0 Å². The topological polar surface area (TPSA) is 244 Å². The van der Waals surface area contributed by atoms with E-state index in [1.807, 2.05) is 75.8 Å². The minimum absolute atomic E-state index is 0. The second kappa shape index (κ2) is 26.0. The fourth-order valence-electron chi connectivity index (χ4n) is 10.2. The van der Waals surface area contributed by atoms with E-state index >= 15 is 0 Å². The van der Waals surface area contributed by atoms with Gasteiger partial charge in [-0.3, -0.25) is 10.9 Å². The van der Waals surface area contributed by atoms with Gasteiger partial charge in [-0.15, -0.1) is 0 Å². The molecule has 10 rings (SSSR count). The number of halogens is 2. The number of anilines is 2. The van der Waals surface area contributed by atoms with E-state index in [4.69, 9.17) is 19.2 Å². The molecule has 2 saturated carbocycles. The summed E-state index contributed by atoms with van der Waals surface area (Å²) in [6, 6.07) is 13.8. The van der Waals surface area contributed by atoms with Crippen LogP contribution in [0.5, 0.6) is 0 Å². The Balaban J connectivity index is 0.000000226. The number of carboxylic acid groups (broad SMARTS) is 1. The van der Waals surface area contributed by atoms with Crippen LogP contribution in [0.3, 0.4) is 0 Å². The molecule has 24 heteroatoms. The molecule has 0 radical (unpaired) electrons. The number of benzene rings is 2. The molecule has 6 heterocycles. The van der Waals surface area contributed by atoms with Crippen LogP contribution in [0.4, 0.5) is 30.0 Å². The van der Waals surface area contributed by atoms with E-state index in [-0.39, 0.29) is 88.7 Å². The number of fused-ring (bicyclic) bond motifs is 2. The van der Waals surface area contributed by atoms with Crippen molar-refractivity contribution in [2.45, 2.75) is 148 Å². The Morgan fingerprint density at radius 3 is 1.49 bits per heavy atom. The van der Waals surface area contributed by atoms with Gasteiger partial charge in [-0.05, 0) is 171 Å². The molecule has 0 bridgehead atoms. The number of nitrogens with one attached hydrogen (secondary N) is 2. The Hall–Kier alpha value is -6.50. The average molecular weight is 1120 g/mol. The van der Waals surface area contributed by atoms with E-state index in [1.165, 1.54) is 29.0 Å². The summed E-state index contributed by atoms with van der Waals surface area (Å²) in [6.45, 7) is 15.6. The van der Waals surface area contributed by atoms with Gasteiger partial charge in [-0.2, -0.15) is 10.2 Å². The maximum atomic E-state index is 14.6. The molecule has 2 amide bonds.